The number of carbonyl (C=O) groups excluding carboxylic acids is 2. The first kappa shape index (κ1) is 20.3. The highest BCUT2D eigenvalue weighted by atomic mass is 16.5. The maximum absolute atomic E-state index is 13.1. The van der Waals surface area contributed by atoms with Crippen molar-refractivity contribution in [2.45, 2.75) is 25.3 Å². The summed E-state index contributed by atoms with van der Waals surface area (Å²) in [6, 6.07) is 11.1. The molecule has 7 heteroatoms. The summed E-state index contributed by atoms with van der Waals surface area (Å²) in [5, 5.41) is 3.22. The molecule has 2 fully saturated rings. The van der Waals surface area contributed by atoms with E-state index in [9.17, 15) is 9.59 Å². The van der Waals surface area contributed by atoms with Gasteiger partial charge in [0, 0.05) is 44.3 Å². The number of ether oxygens (including phenoxy) is 2. The monoisotopic (exact) mass is 409 g/mol. The zero-order valence-electron chi connectivity index (χ0n) is 17.1. The number of pyridine rings is 1. The standard InChI is InChI=1S/C23H27N3O4/c1-29-20-6-4-19(5-7-20)26-15-18(13-21(26)27)23(28)25-22(16-8-11-30-12-9-16)17-3-2-10-24-14-17/h2-7,10,14,16,18,22H,8-9,11-13,15H2,1H3,(H,25,28). The lowest BCUT2D eigenvalue weighted by molar-refractivity contribution is -0.127. The van der Waals surface area contributed by atoms with Crippen LogP contribution in [0.5, 0.6) is 5.75 Å². The van der Waals surface area contributed by atoms with Gasteiger partial charge in [-0.05, 0) is 54.7 Å². The van der Waals surface area contributed by atoms with Crippen LogP contribution in [0.1, 0.15) is 30.9 Å². The molecule has 2 amide bonds. The molecule has 1 aromatic carbocycles. The SMILES string of the molecule is COc1ccc(N2CC(C(=O)NC(c3cccnc3)C3CCOCC3)CC2=O)cc1. The van der Waals surface area contributed by atoms with Gasteiger partial charge in [-0.2, -0.15) is 0 Å². The van der Waals surface area contributed by atoms with Crippen LogP contribution in [-0.4, -0.2) is 43.7 Å². The molecule has 4 rings (SSSR count). The minimum absolute atomic E-state index is 0.0377. The number of nitrogens with one attached hydrogen (secondary N) is 1. The molecule has 158 valence electrons. The average Bonchev–Trinajstić information content (AvgIpc) is 3.20. The Bertz CT molecular complexity index is 866. The smallest absolute Gasteiger partial charge is 0.227 e. The third kappa shape index (κ3) is 4.46. The van der Waals surface area contributed by atoms with Gasteiger partial charge in [-0.3, -0.25) is 14.6 Å². The molecule has 7 nitrogen and oxygen atoms in total. The van der Waals surface area contributed by atoms with Crippen molar-refractivity contribution in [3.05, 3.63) is 54.4 Å². The fourth-order valence-corrected chi connectivity index (χ4v) is 4.25. The number of aromatic nitrogens is 1. The molecule has 2 atom stereocenters. The third-order valence-corrected chi connectivity index (χ3v) is 5.96. The lowest BCUT2D eigenvalue weighted by Crippen LogP contribution is -2.40. The van der Waals surface area contributed by atoms with Gasteiger partial charge in [0.25, 0.3) is 0 Å². The van der Waals surface area contributed by atoms with Crippen LogP contribution in [0.25, 0.3) is 0 Å². The van der Waals surface area contributed by atoms with Gasteiger partial charge in [0.2, 0.25) is 11.8 Å². The summed E-state index contributed by atoms with van der Waals surface area (Å²) < 4.78 is 10.7. The molecule has 2 aliphatic rings. The van der Waals surface area contributed by atoms with Gasteiger partial charge in [0.15, 0.2) is 0 Å². The van der Waals surface area contributed by atoms with Crippen molar-refractivity contribution in [3.63, 3.8) is 0 Å². The summed E-state index contributed by atoms with van der Waals surface area (Å²) in [6.45, 7) is 1.78. The molecule has 1 N–H and O–H groups in total. The normalized spacial score (nSPS) is 20.8. The van der Waals surface area contributed by atoms with Gasteiger partial charge < -0.3 is 19.7 Å². The zero-order chi connectivity index (χ0) is 20.9. The summed E-state index contributed by atoms with van der Waals surface area (Å²) in [6.07, 6.45) is 5.53. The molecular weight excluding hydrogens is 382 g/mol. The van der Waals surface area contributed by atoms with Crippen molar-refractivity contribution in [2.24, 2.45) is 11.8 Å². The summed E-state index contributed by atoms with van der Waals surface area (Å²) in [5.74, 6) is 0.528. The van der Waals surface area contributed by atoms with E-state index >= 15 is 0 Å². The van der Waals surface area contributed by atoms with Crippen LogP contribution < -0.4 is 15.0 Å². The van der Waals surface area contributed by atoms with Gasteiger partial charge in [0.1, 0.15) is 5.75 Å². The fraction of sp³-hybridized carbons (Fsp3) is 0.435. The van der Waals surface area contributed by atoms with E-state index in [1.165, 1.54) is 0 Å². The molecular formula is C23H27N3O4. The average molecular weight is 409 g/mol. The molecule has 3 heterocycles. The lowest BCUT2D eigenvalue weighted by atomic mass is 9.87. The lowest BCUT2D eigenvalue weighted by Gasteiger charge is -2.31. The van der Waals surface area contributed by atoms with Crippen LogP contribution in [0.2, 0.25) is 0 Å². The first-order valence-corrected chi connectivity index (χ1v) is 10.4. The van der Waals surface area contributed by atoms with Crippen molar-refractivity contribution in [2.75, 3.05) is 31.8 Å². The molecule has 0 aliphatic carbocycles. The van der Waals surface area contributed by atoms with Gasteiger partial charge in [-0.15, -0.1) is 0 Å². The van der Waals surface area contributed by atoms with E-state index in [0.29, 0.717) is 25.7 Å². The van der Waals surface area contributed by atoms with E-state index < -0.39 is 0 Å². The van der Waals surface area contributed by atoms with Crippen LogP contribution in [0.15, 0.2) is 48.8 Å². The number of rotatable bonds is 6. The first-order chi connectivity index (χ1) is 14.7. The summed E-state index contributed by atoms with van der Waals surface area (Å²) in [4.78, 5) is 31.6. The second-order valence-electron chi connectivity index (χ2n) is 7.83. The number of hydrogen-bond donors (Lipinski definition) is 1. The molecule has 2 aromatic rings. The number of nitrogens with zero attached hydrogens (tertiary/aromatic N) is 2. The highest BCUT2D eigenvalue weighted by molar-refractivity contribution is 6.00. The molecule has 0 bridgehead atoms. The Balaban J connectivity index is 1.46. The number of anilines is 1. The summed E-state index contributed by atoms with van der Waals surface area (Å²) in [7, 11) is 1.60. The number of carbonyl (C=O) groups is 2. The van der Waals surface area contributed by atoms with Crippen molar-refractivity contribution >= 4 is 17.5 Å². The van der Waals surface area contributed by atoms with E-state index in [1.807, 2.05) is 42.6 Å². The van der Waals surface area contributed by atoms with Crippen LogP contribution in [0.4, 0.5) is 5.69 Å². The van der Waals surface area contributed by atoms with Crippen LogP contribution >= 0.6 is 0 Å². The minimum atomic E-state index is -0.376. The Morgan fingerprint density at radius 3 is 2.67 bits per heavy atom. The Morgan fingerprint density at radius 1 is 1.23 bits per heavy atom. The number of methoxy groups -OCH3 is 1. The zero-order valence-corrected chi connectivity index (χ0v) is 17.1. The summed E-state index contributed by atoms with van der Waals surface area (Å²) in [5.41, 5.74) is 1.78. The van der Waals surface area contributed by atoms with Crippen molar-refractivity contribution < 1.29 is 19.1 Å². The van der Waals surface area contributed by atoms with Gasteiger partial charge >= 0.3 is 0 Å². The second kappa shape index (κ2) is 9.26. The van der Waals surface area contributed by atoms with Crippen molar-refractivity contribution in [3.8, 4) is 5.75 Å². The molecule has 2 unspecified atom stereocenters. The van der Waals surface area contributed by atoms with E-state index in [1.54, 1.807) is 18.2 Å². The second-order valence-corrected chi connectivity index (χ2v) is 7.83. The highest BCUT2D eigenvalue weighted by Gasteiger charge is 2.37. The van der Waals surface area contributed by atoms with E-state index in [-0.39, 0.29) is 30.2 Å². The van der Waals surface area contributed by atoms with Crippen LogP contribution in [-0.2, 0) is 14.3 Å². The largest absolute Gasteiger partial charge is 0.497 e. The fourth-order valence-electron chi connectivity index (χ4n) is 4.25. The number of amides is 2. The topological polar surface area (TPSA) is 80.8 Å². The Hall–Kier alpha value is -2.93. The molecule has 30 heavy (non-hydrogen) atoms. The maximum Gasteiger partial charge on any atom is 0.227 e. The van der Waals surface area contributed by atoms with Gasteiger partial charge in [-0.25, -0.2) is 0 Å². The van der Waals surface area contributed by atoms with Gasteiger partial charge in [0.05, 0.1) is 19.1 Å². The number of benzene rings is 1. The van der Waals surface area contributed by atoms with E-state index in [2.05, 4.69) is 10.3 Å². The predicted molar refractivity (Wildman–Crippen MR) is 112 cm³/mol. The minimum Gasteiger partial charge on any atom is -0.497 e. The molecule has 0 radical (unpaired) electrons. The molecule has 2 aliphatic heterocycles. The predicted octanol–water partition coefficient (Wildman–Crippen LogP) is 2.73. The van der Waals surface area contributed by atoms with Crippen molar-refractivity contribution in [1.82, 2.24) is 10.3 Å². The molecule has 0 saturated carbocycles. The van der Waals surface area contributed by atoms with E-state index in [0.717, 1.165) is 29.8 Å². The highest BCUT2D eigenvalue weighted by Crippen LogP contribution is 2.32. The first-order valence-electron chi connectivity index (χ1n) is 10.4. The van der Waals surface area contributed by atoms with E-state index in [4.69, 9.17) is 9.47 Å². The Kier molecular flexibility index (Phi) is 6.28. The van der Waals surface area contributed by atoms with Gasteiger partial charge in [-0.1, -0.05) is 6.07 Å². The quantitative estimate of drug-likeness (QED) is 0.794. The molecule has 1 aromatic heterocycles. The van der Waals surface area contributed by atoms with Crippen molar-refractivity contribution in [1.29, 1.82) is 0 Å². The molecule has 0 spiro atoms. The van der Waals surface area contributed by atoms with Crippen LogP contribution in [0, 0.1) is 11.8 Å². The maximum atomic E-state index is 13.1. The van der Waals surface area contributed by atoms with Crippen LogP contribution in [0.3, 0.4) is 0 Å². The number of hydrogen-bond acceptors (Lipinski definition) is 5. The Labute approximate surface area is 176 Å². The molecule has 2 saturated heterocycles. The third-order valence-electron chi connectivity index (χ3n) is 5.96. The Morgan fingerprint density at radius 2 is 2.00 bits per heavy atom. The summed E-state index contributed by atoms with van der Waals surface area (Å²) >= 11 is 0.